The van der Waals surface area contributed by atoms with Crippen molar-refractivity contribution in [2.75, 3.05) is 0 Å². The van der Waals surface area contributed by atoms with Crippen molar-refractivity contribution in [2.45, 2.75) is 0 Å². The van der Waals surface area contributed by atoms with E-state index in [4.69, 9.17) is 0 Å². The van der Waals surface area contributed by atoms with Crippen LogP contribution in [0.5, 0.6) is 0 Å². The molecule has 0 aliphatic rings. The fourth-order valence-corrected chi connectivity index (χ4v) is 2.57. The van der Waals surface area contributed by atoms with Gasteiger partial charge in [-0.25, -0.2) is 9.36 Å². The Morgan fingerprint density at radius 3 is 2.61 bits per heavy atom. The van der Waals surface area contributed by atoms with E-state index in [-0.39, 0.29) is 11.2 Å². The second-order valence-electron chi connectivity index (χ2n) is 3.87. The Bertz CT molecular complexity index is 830. The molecule has 0 spiro atoms. The van der Waals surface area contributed by atoms with E-state index < -0.39 is 0 Å². The third-order valence-electron chi connectivity index (χ3n) is 2.81. The van der Waals surface area contributed by atoms with Gasteiger partial charge in [0.15, 0.2) is 5.52 Å². The summed E-state index contributed by atoms with van der Waals surface area (Å²) in [6.45, 7) is 0. The number of aryl methyl sites for hydroxylation is 1. The Balaban J connectivity index is 2.51. The van der Waals surface area contributed by atoms with Crippen LogP contribution in [0, 0.1) is 0 Å². The lowest BCUT2D eigenvalue weighted by Crippen LogP contribution is -2.37. The minimum absolute atomic E-state index is 0.325. The number of nitrogens with zero attached hydrogens (tertiary/aromatic N) is 3. The SMILES string of the molecule is Cn1c(=O)n(-c2ccccc2)c(=O)c2nscc21. The van der Waals surface area contributed by atoms with E-state index in [1.54, 1.807) is 36.7 Å². The van der Waals surface area contributed by atoms with Gasteiger partial charge in [-0.05, 0) is 23.7 Å². The van der Waals surface area contributed by atoms with Gasteiger partial charge in [-0.2, -0.15) is 4.37 Å². The van der Waals surface area contributed by atoms with Crippen LogP contribution in [0.15, 0.2) is 45.3 Å². The molecule has 0 atom stereocenters. The van der Waals surface area contributed by atoms with Crippen LogP contribution in [0.1, 0.15) is 0 Å². The molecule has 18 heavy (non-hydrogen) atoms. The summed E-state index contributed by atoms with van der Waals surface area (Å²) in [5.74, 6) is 0. The van der Waals surface area contributed by atoms with Gasteiger partial charge >= 0.3 is 5.69 Å². The number of fused-ring (bicyclic) bond motifs is 1. The van der Waals surface area contributed by atoms with Gasteiger partial charge in [0.2, 0.25) is 0 Å². The monoisotopic (exact) mass is 259 g/mol. The molecule has 5 nitrogen and oxygen atoms in total. The maximum atomic E-state index is 12.3. The second kappa shape index (κ2) is 3.92. The van der Waals surface area contributed by atoms with Crippen molar-refractivity contribution in [3.05, 3.63) is 56.5 Å². The van der Waals surface area contributed by atoms with Gasteiger partial charge in [-0.15, -0.1) is 0 Å². The van der Waals surface area contributed by atoms with E-state index in [0.29, 0.717) is 16.7 Å². The Kier molecular flexibility index (Phi) is 2.38. The third-order valence-corrected chi connectivity index (χ3v) is 3.43. The molecule has 0 unspecified atom stereocenters. The summed E-state index contributed by atoms with van der Waals surface area (Å²) in [6.07, 6.45) is 0. The molecular weight excluding hydrogens is 250 g/mol. The van der Waals surface area contributed by atoms with E-state index in [2.05, 4.69) is 4.37 Å². The Morgan fingerprint density at radius 2 is 1.89 bits per heavy atom. The quantitative estimate of drug-likeness (QED) is 0.658. The number of benzene rings is 1. The van der Waals surface area contributed by atoms with Gasteiger partial charge in [-0.1, -0.05) is 18.2 Å². The molecule has 90 valence electrons. The first kappa shape index (κ1) is 10.9. The average molecular weight is 259 g/mol. The summed E-state index contributed by atoms with van der Waals surface area (Å²) in [7, 11) is 1.64. The number of hydrogen-bond acceptors (Lipinski definition) is 4. The molecule has 0 saturated carbocycles. The zero-order chi connectivity index (χ0) is 12.7. The zero-order valence-corrected chi connectivity index (χ0v) is 10.3. The average Bonchev–Trinajstić information content (AvgIpc) is 2.87. The van der Waals surface area contributed by atoms with Crippen LogP contribution in [0.3, 0.4) is 0 Å². The number of aromatic nitrogens is 3. The van der Waals surface area contributed by atoms with Crippen molar-refractivity contribution >= 4 is 22.6 Å². The summed E-state index contributed by atoms with van der Waals surface area (Å²) in [5.41, 5.74) is 0.714. The molecule has 0 aliphatic heterocycles. The minimum atomic E-state index is -0.374. The van der Waals surface area contributed by atoms with Crippen molar-refractivity contribution in [3.8, 4) is 5.69 Å². The van der Waals surface area contributed by atoms with Crippen molar-refractivity contribution in [3.63, 3.8) is 0 Å². The lowest BCUT2D eigenvalue weighted by Gasteiger charge is -2.07. The van der Waals surface area contributed by atoms with Crippen LogP contribution in [0.4, 0.5) is 0 Å². The molecule has 0 saturated heterocycles. The highest BCUT2D eigenvalue weighted by Gasteiger charge is 2.13. The first-order valence-electron chi connectivity index (χ1n) is 5.31. The number of rotatable bonds is 1. The Morgan fingerprint density at radius 1 is 1.17 bits per heavy atom. The second-order valence-corrected chi connectivity index (χ2v) is 4.50. The highest BCUT2D eigenvalue weighted by molar-refractivity contribution is 7.04. The van der Waals surface area contributed by atoms with E-state index in [1.807, 2.05) is 6.07 Å². The molecular formula is C12H9N3O2S. The molecule has 0 bridgehead atoms. The van der Waals surface area contributed by atoms with Gasteiger partial charge in [0, 0.05) is 12.4 Å². The third kappa shape index (κ3) is 1.42. The van der Waals surface area contributed by atoms with Crippen molar-refractivity contribution in [2.24, 2.45) is 7.05 Å². The smallest absolute Gasteiger partial charge is 0.293 e. The van der Waals surface area contributed by atoms with Crippen LogP contribution < -0.4 is 11.2 Å². The van der Waals surface area contributed by atoms with Crippen molar-refractivity contribution in [1.29, 1.82) is 0 Å². The summed E-state index contributed by atoms with van der Waals surface area (Å²) < 4.78 is 6.63. The molecule has 1 aromatic carbocycles. The fraction of sp³-hybridized carbons (Fsp3) is 0.0833. The first-order valence-corrected chi connectivity index (χ1v) is 6.15. The maximum Gasteiger partial charge on any atom is 0.335 e. The molecule has 3 rings (SSSR count). The highest BCUT2D eigenvalue weighted by atomic mass is 32.1. The molecule has 0 radical (unpaired) electrons. The van der Waals surface area contributed by atoms with Gasteiger partial charge in [0.1, 0.15) is 0 Å². The van der Waals surface area contributed by atoms with E-state index in [9.17, 15) is 9.59 Å². The Hall–Kier alpha value is -2.21. The molecule has 0 N–H and O–H groups in total. The lowest BCUT2D eigenvalue weighted by atomic mass is 10.3. The van der Waals surface area contributed by atoms with Gasteiger partial charge in [-0.3, -0.25) is 9.36 Å². The first-order chi connectivity index (χ1) is 8.70. The van der Waals surface area contributed by atoms with Crippen LogP contribution in [-0.4, -0.2) is 13.5 Å². The molecule has 0 amide bonds. The topological polar surface area (TPSA) is 56.9 Å². The summed E-state index contributed by atoms with van der Waals surface area (Å²) in [5, 5.41) is 1.70. The summed E-state index contributed by atoms with van der Waals surface area (Å²) >= 11 is 1.17. The van der Waals surface area contributed by atoms with E-state index in [1.165, 1.54) is 16.1 Å². The lowest BCUT2D eigenvalue weighted by molar-refractivity contribution is 0.773. The van der Waals surface area contributed by atoms with Crippen LogP contribution >= 0.6 is 11.5 Å². The molecule has 2 aromatic heterocycles. The largest absolute Gasteiger partial charge is 0.335 e. The molecule has 2 heterocycles. The van der Waals surface area contributed by atoms with Crippen molar-refractivity contribution in [1.82, 2.24) is 13.5 Å². The number of hydrogen-bond donors (Lipinski definition) is 0. The van der Waals surface area contributed by atoms with E-state index in [0.717, 1.165) is 4.57 Å². The maximum absolute atomic E-state index is 12.3. The van der Waals surface area contributed by atoms with Gasteiger partial charge in [0.25, 0.3) is 5.56 Å². The fourth-order valence-electron chi connectivity index (χ4n) is 1.87. The molecule has 6 heteroatoms. The van der Waals surface area contributed by atoms with E-state index >= 15 is 0 Å². The van der Waals surface area contributed by atoms with Crippen LogP contribution in [0.25, 0.3) is 16.7 Å². The Labute approximate surface area is 106 Å². The predicted octanol–water partition coefficient (Wildman–Crippen LogP) is 1.15. The normalized spacial score (nSPS) is 10.9. The molecule has 0 fully saturated rings. The zero-order valence-electron chi connectivity index (χ0n) is 9.53. The van der Waals surface area contributed by atoms with Gasteiger partial charge in [0.05, 0.1) is 11.2 Å². The van der Waals surface area contributed by atoms with Crippen LogP contribution in [0.2, 0.25) is 0 Å². The number of para-hydroxylation sites is 1. The van der Waals surface area contributed by atoms with Gasteiger partial charge < -0.3 is 0 Å². The molecule has 3 aromatic rings. The standard InChI is InChI=1S/C12H9N3O2S/c1-14-9-7-18-13-10(9)11(16)15(12(14)17)8-5-3-2-4-6-8/h2-7H,1H3. The highest BCUT2D eigenvalue weighted by Crippen LogP contribution is 2.09. The summed E-state index contributed by atoms with van der Waals surface area (Å²) in [4.78, 5) is 24.5. The predicted molar refractivity (Wildman–Crippen MR) is 70.5 cm³/mol. The van der Waals surface area contributed by atoms with Crippen LogP contribution in [-0.2, 0) is 7.05 Å². The minimum Gasteiger partial charge on any atom is -0.293 e. The van der Waals surface area contributed by atoms with Crippen molar-refractivity contribution < 1.29 is 0 Å². The summed E-state index contributed by atoms with van der Waals surface area (Å²) in [6, 6.07) is 8.85. The molecule has 0 aliphatic carbocycles.